The Kier molecular flexibility index (Phi) is 4.02. The third-order valence-electron chi connectivity index (χ3n) is 3.78. The van der Waals surface area contributed by atoms with Gasteiger partial charge in [0.1, 0.15) is 5.75 Å². The molecule has 0 spiro atoms. The van der Waals surface area contributed by atoms with E-state index in [0.717, 1.165) is 23.4 Å². The lowest BCUT2D eigenvalue weighted by Crippen LogP contribution is -2.10. The summed E-state index contributed by atoms with van der Waals surface area (Å²) in [5, 5.41) is 4.29. The maximum absolute atomic E-state index is 5.97. The normalized spacial score (nSPS) is 15.7. The van der Waals surface area contributed by atoms with Crippen molar-refractivity contribution in [2.45, 2.75) is 38.3 Å². The Morgan fingerprint density at radius 3 is 2.60 bits per heavy atom. The summed E-state index contributed by atoms with van der Waals surface area (Å²) in [6.07, 6.45) is 9.28. The minimum atomic E-state index is 0.410. The van der Waals surface area contributed by atoms with Gasteiger partial charge in [0.05, 0.1) is 18.8 Å². The van der Waals surface area contributed by atoms with E-state index in [4.69, 9.17) is 10.5 Å². The molecule has 1 aromatic heterocycles. The third kappa shape index (κ3) is 3.02. The molecule has 1 fully saturated rings. The van der Waals surface area contributed by atoms with Gasteiger partial charge in [-0.3, -0.25) is 4.68 Å². The second-order valence-corrected chi connectivity index (χ2v) is 5.33. The van der Waals surface area contributed by atoms with Crippen LogP contribution >= 0.6 is 0 Å². The van der Waals surface area contributed by atoms with Crippen molar-refractivity contribution < 1.29 is 4.74 Å². The molecule has 0 unspecified atom stereocenters. The first-order valence-electron chi connectivity index (χ1n) is 7.35. The van der Waals surface area contributed by atoms with Gasteiger partial charge in [-0.2, -0.15) is 5.10 Å². The molecule has 1 heterocycles. The molecule has 2 aromatic rings. The summed E-state index contributed by atoms with van der Waals surface area (Å²) in [7, 11) is 0. The highest BCUT2D eigenvalue weighted by Crippen LogP contribution is 2.26. The summed E-state index contributed by atoms with van der Waals surface area (Å²) in [5.41, 5.74) is 7.80. The predicted octanol–water partition coefficient (Wildman–Crippen LogP) is 2.83. The quantitative estimate of drug-likeness (QED) is 0.909. The Hall–Kier alpha value is -1.81. The van der Waals surface area contributed by atoms with E-state index in [1.54, 1.807) is 0 Å². The molecule has 1 aliphatic rings. The molecular weight excluding hydrogens is 250 g/mol. The van der Waals surface area contributed by atoms with Crippen LogP contribution in [0.3, 0.4) is 0 Å². The van der Waals surface area contributed by atoms with Crippen LogP contribution in [0.25, 0.3) is 11.1 Å². The van der Waals surface area contributed by atoms with E-state index < -0.39 is 0 Å². The average molecular weight is 271 g/mol. The van der Waals surface area contributed by atoms with Gasteiger partial charge in [0.15, 0.2) is 0 Å². The highest BCUT2D eigenvalue weighted by atomic mass is 16.5. The molecule has 0 radical (unpaired) electrons. The first-order chi connectivity index (χ1) is 9.85. The minimum absolute atomic E-state index is 0.410. The van der Waals surface area contributed by atoms with Crippen molar-refractivity contribution in [1.29, 1.82) is 0 Å². The Labute approximate surface area is 119 Å². The van der Waals surface area contributed by atoms with E-state index in [0.29, 0.717) is 12.6 Å². The molecule has 2 N–H and O–H groups in total. The van der Waals surface area contributed by atoms with Crippen LogP contribution < -0.4 is 10.5 Å². The molecule has 3 rings (SSSR count). The fraction of sp³-hybridized carbons (Fsp3) is 0.438. The second-order valence-electron chi connectivity index (χ2n) is 5.33. The van der Waals surface area contributed by atoms with Crippen LogP contribution in [-0.2, 0) is 6.54 Å². The van der Waals surface area contributed by atoms with E-state index >= 15 is 0 Å². The van der Waals surface area contributed by atoms with Gasteiger partial charge in [0, 0.05) is 18.3 Å². The smallest absolute Gasteiger partial charge is 0.119 e. The van der Waals surface area contributed by atoms with E-state index in [1.165, 1.54) is 25.7 Å². The van der Waals surface area contributed by atoms with Gasteiger partial charge >= 0.3 is 0 Å². The summed E-state index contributed by atoms with van der Waals surface area (Å²) in [6, 6.07) is 8.28. The molecule has 0 amide bonds. The van der Waals surface area contributed by atoms with E-state index in [9.17, 15) is 0 Å². The van der Waals surface area contributed by atoms with Crippen LogP contribution in [0.1, 0.15) is 25.7 Å². The van der Waals surface area contributed by atoms with Gasteiger partial charge in [0.25, 0.3) is 0 Å². The number of hydrogen-bond donors (Lipinski definition) is 1. The molecule has 4 heteroatoms. The lowest BCUT2D eigenvalue weighted by molar-refractivity contribution is 0.210. The summed E-state index contributed by atoms with van der Waals surface area (Å²) in [4.78, 5) is 0. The van der Waals surface area contributed by atoms with Crippen LogP contribution in [0.15, 0.2) is 36.7 Å². The minimum Gasteiger partial charge on any atom is -0.490 e. The molecule has 1 saturated carbocycles. The van der Waals surface area contributed by atoms with Crippen molar-refractivity contribution in [3.63, 3.8) is 0 Å². The van der Waals surface area contributed by atoms with Gasteiger partial charge in [-0.25, -0.2) is 0 Å². The molecule has 1 aliphatic carbocycles. The van der Waals surface area contributed by atoms with Crippen LogP contribution in [0, 0.1) is 0 Å². The van der Waals surface area contributed by atoms with Crippen molar-refractivity contribution in [3.05, 3.63) is 36.7 Å². The van der Waals surface area contributed by atoms with E-state index in [-0.39, 0.29) is 0 Å². The number of rotatable bonds is 5. The molecule has 0 saturated heterocycles. The van der Waals surface area contributed by atoms with Crippen molar-refractivity contribution >= 4 is 0 Å². The summed E-state index contributed by atoms with van der Waals surface area (Å²) in [6.45, 7) is 1.36. The number of aromatic nitrogens is 2. The lowest BCUT2D eigenvalue weighted by Gasteiger charge is -2.13. The average Bonchev–Trinajstić information content (AvgIpc) is 3.12. The Bertz CT molecular complexity index is 541. The number of ether oxygens (including phenoxy) is 1. The van der Waals surface area contributed by atoms with Crippen molar-refractivity contribution in [2.24, 2.45) is 5.73 Å². The summed E-state index contributed by atoms with van der Waals surface area (Å²) >= 11 is 0. The first kappa shape index (κ1) is 13.2. The maximum Gasteiger partial charge on any atom is 0.119 e. The fourth-order valence-electron chi connectivity index (χ4n) is 2.69. The van der Waals surface area contributed by atoms with Crippen LogP contribution in [0.5, 0.6) is 5.75 Å². The molecule has 0 bridgehead atoms. The number of nitrogens with zero attached hydrogens (tertiary/aromatic N) is 2. The Balaban J connectivity index is 1.68. The number of benzene rings is 1. The van der Waals surface area contributed by atoms with Gasteiger partial charge in [-0.15, -0.1) is 0 Å². The third-order valence-corrected chi connectivity index (χ3v) is 3.78. The van der Waals surface area contributed by atoms with Gasteiger partial charge in [-0.1, -0.05) is 12.1 Å². The van der Waals surface area contributed by atoms with Crippen LogP contribution in [0.2, 0.25) is 0 Å². The first-order valence-corrected chi connectivity index (χ1v) is 7.35. The molecule has 0 aliphatic heterocycles. The maximum atomic E-state index is 5.97. The molecule has 1 aromatic carbocycles. The van der Waals surface area contributed by atoms with E-state index in [1.807, 2.05) is 29.2 Å². The number of nitrogens with two attached hydrogens (primary N) is 1. The van der Waals surface area contributed by atoms with Crippen LogP contribution in [0.4, 0.5) is 0 Å². The molecule has 4 nitrogen and oxygen atoms in total. The van der Waals surface area contributed by atoms with Gasteiger partial charge in [0.2, 0.25) is 0 Å². The molecule has 106 valence electrons. The highest BCUT2D eigenvalue weighted by Gasteiger charge is 2.16. The monoisotopic (exact) mass is 271 g/mol. The lowest BCUT2D eigenvalue weighted by atomic mass is 10.1. The zero-order chi connectivity index (χ0) is 13.8. The van der Waals surface area contributed by atoms with Gasteiger partial charge in [-0.05, 0) is 43.4 Å². The largest absolute Gasteiger partial charge is 0.490 e. The van der Waals surface area contributed by atoms with E-state index in [2.05, 4.69) is 17.2 Å². The van der Waals surface area contributed by atoms with Crippen molar-refractivity contribution in [1.82, 2.24) is 9.78 Å². The Morgan fingerprint density at radius 1 is 1.15 bits per heavy atom. The standard InChI is InChI=1S/C16H21N3O/c17-9-10-19-12-14(11-18-19)13-5-7-16(8-6-13)20-15-3-1-2-4-15/h5-8,11-12,15H,1-4,9-10,17H2. The predicted molar refractivity (Wildman–Crippen MR) is 79.6 cm³/mol. The summed E-state index contributed by atoms with van der Waals surface area (Å²) in [5.74, 6) is 0.968. The van der Waals surface area contributed by atoms with Crippen LogP contribution in [-0.4, -0.2) is 22.4 Å². The second kappa shape index (κ2) is 6.09. The zero-order valence-corrected chi connectivity index (χ0v) is 11.7. The fourth-order valence-corrected chi connectivity index (χ4v) is 2.69. The Morgan fingerprint density at radius 2 is 1.90 bits per heavy atom. The molecule has 20 heavy (non-hydrogen) atoms. The van der Waals surface area contributed by atoms with Crippen molar-refractivity contribution in [3.8, 4) is 16.9 Å². The summed E-state index contributed by atoms with van der Waals surface area (Å²) < 4.78 is 7.85. The number of hydrogen-bond acceptors (Lipinski definition) is 3. The van der Waals surface area contributed by atoms with Crippen molar-refractivity contribution in [2.75, 3.05) is 6.54 Å². The molecule has 0 atom stereocenters. The molecular formula is C16H21N3O. The zero-order valence-electron chi connectivity index (χ0n) is 11.7. The highest BCUT2D eigenvalue weighted by molar-refractivity contribution is 5.62. The SMILES string of the molecule is NCCn1cc(-c2ccc(OC3CCCC3)cc2)cn1. The topological polar surface area (TPSA) is 53.1 Å². The van der Waals surface area contributed by atoms with Gasteiger partial charge < -0.3 is 10.5 Å².